The number of carbonyl (C=O) groups is 1. The normalized spacial score (nSPS) is 10.2. The minimum atomic E-state index is -0.344. The highest BCUT2D eigenvalue weighted by Crippen LogP contribution is 2.13. The van der Waals surface area contributed by atoms with E-state index in [1.54, 1.807) is 19.1 Å². The molecule has 0 aliphatic heterocycles. The van der Waals surface area contributed by atoms with Crippen LogP contribution in [0.4, 0.5) is 10.1 Å². The first kappa shape index (κ1) is 11.3. The van der Waals surface area contributed by atoms with Gasteiger partial charge in [0.25, 0.3) is 0 Å². The van der Waals surface area contributed by atoms with Crippen molar-refractivity contribution in [3.8, 4) is 0 Å². The molecule has 1 N–H and O–H groups in total. The lowest BCUT2D eigenvalue weighted by Gasteiger charge is -2.06. The van der Waals surface area contributed by atoms with Crippen molar-refractivity contribution in [2.45, 2.75) is 13.5 Å². The highest BCUT2D eigenvalue weighted by Gasteiger charge is 2.05. The largest absolute Gasteiger partial charge is 0.324 e. The Morgan fingerprint density at radius 3 is 3.00 bits per heavy atom. The van der Waals surface area contributed by atoms with Gasteiger partial charge in [-0.1, -0.05) is 6.07 Å². The molecule has 1 aromatic carbocycles. The van der Waals surface area contributed by atoms with Gasteiger partial charge in [-0.25, -0.2) is 14.1 Å². The third kappa shape index (κ3) is 2.87. The minimum Gasteiger partial charge on any atom is -0.324 e. The van der Waals surface area contributed by atoms with Crippen molar-refractivity contribution in [1.82, 2.24) is 14.8 Å². The molecule has 0 radical (unpaired) electrons. The van der Waals surface area contributed by atoms with Crippen LogP contribution in [0.2, 0.25) is 0 Å². The average Bonchev–Trinajstić information content (AvgIpc) is 2.76. The molecule has 1 aromatic heterocycles. The molecule has 17 heavy (non-hydrogen) atoms. The van der Waals surface area contributed by atoms with E-state index in [4.69, 9.17) is 0 Å². The number of rotatable bonds is 3. The average molecular weight is 234 g/mol. The molecule has 88 valence electrons. The van der Waals surface area contributed by atoms with E-state index in [2.05, 4.69) is 15.4 Å². The van der Waals surface area contributed by atoms with E-state index in [1.165, 1.54) is 23.4 Å². The standard InChI is InChI=1S/C11H11FN4O/c1-8-2-3-9(4-10(8)12)15-11(17)5-16-7-13-6-14-16/h2-4,6-7H,5H2,1H3,(H,15,17). The summed E-state index contributed by atoms with van der Waals surface area (Å²) in [4.78, 5) is 15.3. The van der Waals surface area contributed by atoms with Crippen molar-refractivity contribution in [2.75, 3.05) is 5.32 Å². The highest BCUT2D eigenvalue weighted by atomic mass is 19.1. The van der Waals surface area contributed by atoms with Gasteiger partial charge >= 0.3 is 0 Å². The Balaban J connectivity index is 2.00. The number of carbonyl (C=O) groups excluding carboxylic acids is 1. The van der Waals surface area contributed by atoms with E-state index >= 15 is 0 Å². The predicted molar refractivity (Wildman–Crippen MR) is 59.8 cm³/mol. The third-order valence-electron chi connectivity index (χ3n) is 2.23. The van der Waals surface area contributed by atoms with Crippen LogP contribution < -0.4 is 5.32 Å². The zero-order valence-corrected chi connectivity index (χ0v) is 9.22. The van der Waals surface area contributed by atoms with Crippen molar-refractivity contribution in [1.29, 1.82) is 0 Å². The number of anilines is 1. The van der Waals surface area contributed by atoms with Crippen molar-refractivity contribution >= 4 is 11.6 Å². The molecule has 0 saturated heterocycles. The highest BCUT2D eigenvalue weighted by molar-refractivity contribution is 5.90. The second-order valence-corrected chi connectivity index (χ2v) is 3.61. The molecule has 0 fully saturated rings. The zero-order chi connectivity index (χ0) is 12.3. The molecular weight excluding hydrogens is 223 g/mol. The van der Waals surface area contributed by atoms with Gasteiger partial charge in [0.15, 0.2) is 0 Å². The van der Waals surface area contributed by atoms with E-state index in [0.29, 0.717) is 11.3 Å². The van der Waals surface area contributed by atoms with Crippen molar-refractivity contribution in [2.24, 2.45) is 0 Å². The lowest BCUT2D eigenvalue weighted by atomic mass is 10.2. The van der Waals surface area contributed by atoms with Crippen LogP contribution in [0.25, 0.3) is 0 Å². The fourth-order valence-corrected chi connectivity index (χ4v) is 1.33. The number of aromatic nitrogens is 3. The first-order valence-electron chi connectivity index (χ1n) is 5.03. The summed E-state index contributed by atoms with van der Waals surface area (Å²) in [5.74, 6) is -0.623. The van der Waals surface area contributed by atoms with Gasteiger partial charge in [-0.05, 0) is 24.6 Å². The summed E-state index contributed by atoms with van der Waals surface area (Å²) in [7, 11) is 0. The fraction of sp³-hybridized carbons (Fsp3) is 0.182. The third-order valence-corrected chi connectivity index (χ3v) is 2.23. The number of amides is 1. The molecule has 2 aromatic rings. The van der Waals surface area contributed by atoms with Crippen LogP contribution in [-0.2, 0) is 11.3 Å². The summed E-state index contributed by atoms with van der Waals surface area (Å²) >= 11 is 0. The maximum Gasteiger partial charge on any atom is 0.246 e. The van der Waals surface area contributed by atoms with Gasteiger partial charge in [0.1, 0.15) is 25.0 Å². The van der Waals surface area contributed by atoms with Gasteiger partial charge in [-0.15, -0.1) is 0 Å². The van der Waals surface area contributed by atoms with Gasteiger partial charge < -0.3 is 5.32 Å². The number of aryl methyl sites for hydroxylation is 1. The van der Waals surface area contributed by atoms with Crippen LogP contribution in [-0.4, -0.2) is 20.7 Å². The lowest BCUT2D eigenvalue weighted by Crippen LogP contribution is -2.19. The quantitative estimate of drug-likeness (QED) is 0.872. The Morgan fingerprint density at radius 2 is 2.35 bits per heavy atom. The molecule has 0 bridgehead atoms. The number of benzene rings is 1. The Bertz CT molecular complexity index is 524. The number of halogens is 1. The van der Waals surface area contributed by atoms with Crippen LogP contribution >= 0.6 is 0 Å². The van der Waals surface area contributed by atoms with E-state index in [0.717, 1.165) is 0 Å². The Hall–Kier alpha value is -2.24. The molecule has 6 heteroatoms. The second-order valence-electron chi connectivity index (χ2n) is 3.61. The Kier molecular flexibility index (Phi) is 3.13. The first-order valence-corrected chi connectivity index (χ1v) is 5.03. The van der Waals surface area contributed by atoms with Gasteiger partial charge in [-0.3, -0.25) is 4.79 Å². The maximum absolute atomic E-state index is 13.2. The molecular formula is C11H11FN4O. The summed E-state index contributed by atoms with van der Waals surface area (Å²) < 4.78 is 14.6. The number of hydrogen-bond acceptors (Lipinski definition) is 3. The monoisotopic (exact) mass is 234 g/mol. The van der Waals surface area contributed by atoms with Gasteiger partial charge in [0.2, 0.25) is 5.91 Å². The molecule has 1 heterocycles. The Labute approximate surface area is 97.3 Å². The molecule has 0 aliphatic rings. The summed E-state index contributed by atoms with van der Waals surface area (Å²) in [5.41, 5.74) is 0.970. The van der Waals surface area contributed by atoms with E-state index < -0.39 is 0 Å². The molecule has 5 nitrogen and oxygen atoms in total. The minimum absolute atomic E-state index is 0.0511. The number of hydrogen-bond donors (Lipinski definition) is 1. The maximum atomic E-state index is 13.2. The van der Waals surface area contributed by atoms with E-state index in [9.17, 15) is 9.18 Å². The van der Waals surface area contributed by atoms with Crippen LogP contribution in [0.15, 0.2) is 30.9 Å². The van der Waals surface area contributed by atoms with Crippen molar-refractivity contribution in [3.05, 3.63) is 42.2 Å². The van der Waals surface area contributed by atoms with Gasteiger partial charge in [0.05, 0.1) is 0 Å². The zero-order valence-electron chi connectivity index (χ0n) is 9.22. The molecule has 0 unspecified atom stereocenters. The van der Waals surface area contributed by atoms with Crippen LogP contribution in [0.5, 0.6) is 0 Å². The number of nitrogens with zero attached hydrogens (tertiary/aromatic N) is 3. The summed E-state index contributed by atoms with van der Waals surface area (Å²) in [6, 6.07) is 4.55. The second kappa shape index (κ2) is 4.73. The summed E-state index contributed by atoms with van der Waals surface area (Å²) in [6.07, 6.45) is 2.79. The predicted octanol–water partition coefficient (Wildman–Crippen LogP) is 1.36. The van der Waals surface area contributed by atoms with Crippen LogP contribution in [0.1, 0.15) is 5.56 Å². The molecule has 0 aliphatic carbocycles. The van der Waals surface area contributed by atoms with Crippen molar-refractivity contribution < 1.29 is 9.18 Å². The molecule has 1 amide bonds. The molecule has 2 rings (SSSR count). The van der Waals surface area contributed by atoms with Gasteiger partial charge in [0, 0.05) is 5.69 Å². The summed E-state index contributed by atoms with van der Waals surface area (Å²) in [5, 5.41) is 6.38. The van der Waals surface area contributed by atoms with E-state index in [-0.39, 0.29) is 18.3 Å². The van der Waals surface area contributed by atoms with Crippen molar-refractivity contribution in [3.63, 3.8) is 0 Å². The van der Waals surface area contributed by atoms with Gasteiger partial charge in [-0.2, -0.15) is 5.10 Å². The first-order chi connectivity index (χ1) is 8.15. The molecule has 0 atom stereocenters. The molecule has 0 spiro atoms. The molecule has 0 saturated carbocycles. The van der Waals surface area contributed by atoms with Crippen LogP contribution in [0.3, 0.4) is 0 Å². The topological polar surface area (TPSA) is 59.8 Å². The summed E-state index contributed by atoms with van der Waals surface area (Å²) in [6.45, 7) is 1.71. The van der Waals surface area contributed by atoms with Crippen LogP contribution in [0, 0.1) is 12.7 Å². The lowest BCUT2D eigenvalue weighted by molar-refractivity contribution is -0.116. The number of nitrogens with one attached hydrogen (secondary N) is 1. The van der Waals surface area contributed by atoms with E-state index in [1.807, 2.05) is 0 Å². The SMILES string of the molecule is Cc1ccc(NC(=O)Cn2cncn2)cc1F. The Morgan fingerprint density at radius 1 is 1.53 bits per heavy atom. The fourth-order valence-electron chi connectivity index (χ4n) is 1.33. The smallest absolute Gasteiger partial charge is 0.246 e.